The van der Waals surface area contributed by atoms with Crippen molar-refractivity contribution < 1.29 is 10.2 Å². The van der Waals surface area contributed by atoms with E-state index in [1.54, 1.807) is 13.0 Å². The van der Waals surface area contributed by atoms with Crippen molar-refractivity contribution in [2.75, 3.05) is 0 Å². The van der Waals surface area contributed by atoms with Gasteiger partial charge in [-0.15, -0.1) is 0 Å². The van der Waals surface area contributed by atoms with E-state index in [4.69, 9.17) is 0 Å². The number of aliphatic hydroxyl groups is 1. The second kappa shape index (κ2) is 4.11. The molecule has 1 atom stereocenters. The molecule has 4 rings (SSSR count). The second-order valence-corrected chi connectivity index (χ2v) is 6.49. The van der Waals surface area contributed by atoms with Crippen LogP contribution >= 0.6 is 0 Å². The summed E-state index contributed by atoms with van der Waals surface area (Å²) >= 11 is 0. The molecule has 0 heterocycles. The number of benzene rings is 3. The first-order valence-corrected chi connectivity index (χ1v) is 7.50. The lowest BCUT2D eigenvalue weighted by atomic mass is 9.91. The Morgan fingerprint density at radius 2 is 1.50 bits per heavy atom. The van der Waals surface area contributed by atoms with Gasteiger partial charge >= 0.3 is 0 Å². The summed E-state index contributed by atoms with van der Waals surface area (Å²) in [4.78, 5) is 0. The molecule has 0 bridgehead atoms. The topological polar surface area (TPSA) is 40.5 Å². The summed E-state index contributed by atoms with van der Waals surface area (Å²) < 4.78 is 0. The van der Waals surface area contributed by atoms with Crippen molar-refractivity contribution in [1.29, 1.82) is 0 Å². The highest BCUT2D eigenvalue weighted by atomic mass is 16.3. The minimum Gasteiger partial charge on any atom is -0.507 e. The zero-order chi connectivity index (χ0) is 15.6. The third-order valence-electron chi connectivity index (χ3n) is 4.76. The van der Waals surface area contributed by atoms with E-state index in [0.29, 0.717) is 0 Å². The van der Waals surface area contributed by atoms with Crippen molar-refractivity contribution in [2.45, 2.75) is 26.4 Å². The van der Waals surface area contributed by atoms with E-state index in [1.807, 2.05) is 38.1 Å². The minimum absolute atomic E-state index is 0.224. The SMILES string of the molecule is Cc1ccc2c(c1)C(C)(O)c1cc(O)c3cc(C)ccc3c1-2. The van der Waals surface area contributed by atoms with Gasteiger partial charge in [0.2, 0.25) is 0 Å². The lowest BCUT2D eigenvalue weighted by molar-refractivity contribution is 0.107. The number of phenolic OH excluding ortho intramolecular Hbond substituents is 1. The van der Waals surface area contributed by atoms with E-state index in [1.165, 1.54) is 0 Å². The van der Waals surface area contributed by atoms with Crippen LogP contribution in [0, 0.1) is 13.8 Å². The molecule has 1 unspecified atom stereocenters. The van der Waals surface area contributed by atoms with Gasteiger partial charge in [0, 0.05) is 5.39 Å². The number of aromatic hydroxyl groups is 1. The fourth-order valence-electron chi connectivity index (χ4n) is 3.62. The summed E-state index contributed by atoms with van der Waals surface area (Å²) in [5.74, 6) is 0.224. The van der Waals surface area contributed by atoms with Crippen LogP contribution in [-0.4, -0.2) is 10.2 Å². The highest BCUT2D eigenvalue weighted by Gasteiger charge is 2.39. The van der Waals surface area contributed by atoms with Crippen LogP contribution in [0.1, 0.15) is 29.2 Å². The molecule has 2 heteroatoms. The first-order valence-electron chi connectivity index (χ1n) is 7.50. The Bertz CT molecular complexity index is 936. The molecule has 3 aromatic carbocycles. The van der Waals surface area contributed by atoms with Crippen LogP contribution in [0.15, 0.2) is 42.5 Å². The Morgan fingerprint density at radius 3 is 2.27 bits per heavy atom. The van der Waals surface area contributed by atoms with Crippen molar-refractivity contribution in [2.24, 2.45) is 0 Å². The molecule has 0 fully saturated rings. The average molecular weight is 290 g/mol. The van der Waals surface area contributed by atoms with Gasteiger partial charge in [0.05, 0.1) is 0 Å². The fourth-order valence-corrected chi connectivity index (χ4v) is 3.62. The standard InChI is InChI=1S/C20H18O2/c1-11-4-6-13-15(8-11)18(21)10-17-19(13)14-7-5-12(2)9-16(14)20(17,3)22/h4-10,21-22H,1-3H3. The summed E-state index contributed by atoms with van der Waals surface area (Å²) in [6.45, 7) is 5.84. The Morgan fingerprint density at radius 1 is 0.818 bits per heavy atom. The molecule has 22 heavy (non-hydrogen) atoms. The molecule has 0 aliphatic heterocycles. The molecule has 0 amide bonds. The maximum absolute atomic E-state index is 11.1. The van der Waals surface area contributed by atoms with Crippen LogP contribution in [-0.2, 0) is 5.60 Å². The normalized spacial score (nSPS) is 19.3. The van der Waals surface area contributed by atoms with E-state index < -0.39 is 5.60 Å². The molecule has 3 aromatic rings. The monoisotopic (exact) mass is 290 g/mol. The molecule has 0 aromatic heterocycles. The van der Waals surface area contributed by atoms with Crippen LogP contribution in [0.25, 0.3) is 21.9 Å². The molecule has 110 valence electrons. The molecule has 0 spiro atoms. The van der Waals surface area contributed by atoms with Crippen LogP contribution in [0.3, 0.4) is 0 Å². The van der Waals surface area contributed by atoms with Crippen molar-refractivity contribution in [3.8, 4) is 16.9 Å². The van der Waals surface area contributed by atoms with Gasteiger partial charge in [-0.2, -0.15) is 0 Å². The third-order valence-corrected chi connectivity index (χ3v) is 4.76. The summed E-state index contributed by atoms with van der Waals surface area (Å²) in [5.41, 5.74) is 4.93. The van der Waals surface area contributed by atoms with Crippen LogP contribution in [0.2, 0.25) is 0 Å². The maximum Gasteiger partial charge on any atom is 0.123 e. The van der Waals surface area contributed by atoms with Crippen molar-refractivity contribution in [3.05, 3.63) is 64.7 Å². The largest absolute Gasteiger partial charge is 0.507 e. The van der Waals surface area contributed by atoms with Gasteiger partial charge < -0.3 is 10.2 Å². The van der Waals surface area contributed by atoms with Gasteiger partial charge in [-0.3, -0.25) is 0 Å². The number of fused-ring (bicyclic) bond motifs is 5. The van der Waals surface area contributed by atoms with Crippen molar-refractivity contribution in [1.82, 2.24) is 0 Å². The van der Waals surface area contributed by atoms with E-state index >= 15 is 0 Å². The molecule has 0 saturated carbocycles. The first kappa shape index (κ1) is 13.4. The Kier molecular flexibility index (Phi) is 2.50. The Labute approximate surface area is 129 Å². The van der Waals surface area contributed by atoms with Crippen LogP contribution < -0.4 is 0 Å². The molecule has 0 saturated heterocycles. The zero-order valence-corrected chi connectivity index (χ0v) is 12.9. The highest BCUT2D eigenvalue weighted by Crippen LogP contribution is 2.52. The van der Waals surface area contributed by atoms with Gasteiger partial charge in [0.25, 0.3) is 0 Å². The van der Waals surface area contributed by atoms with Crippen molar-refractivity contribution in [3.63, 3.8) is 0 Å². The summed E-state index contributed by atoms with van der Waals surface area (Å²) in [5, 5.41) is 23.3. The highest BCUT2D eigenvalue weighted by molar-refractivity contribution is 6.05. The van der Waals surface area contributed by atoms with E-state index in [9.17, 15) is 10.2 Å². The molecular formula is C20H18O2. The predicted octanol–water partition coefficient (Wildman–Crippen LogP) is 4.40. The van der Waals surface area contributed by atoms with E-state index in [2.05, 4.69) is 12.1 Å². The molecule has 2 nitrogen and oxygen atoms in total. The lowest BCUT2D eigenvalue weighted by Gasteiger charge is -2.21. The fraction of sp³-hybridized carbons (Fsp3) is 0.200. The van der Waals surface area contributed by atoms with Gasteiger partial charge in [0.1, 0.15) is 11.4 Å². The van der Waals surface area contributed by atoms with Gasteiger partial charge in [-0.05, 0) is 60.5 Å². The lowest BCUT2D eigenvalue weighted by Crippen LogP contribution is -2.19. The maximum atomic E-state index is 11.1. The number of hydrogen-bond donors (Lipinski definition) is 2. The molecule has 2 N–H and O–H groups in total. The number of hydrogen-bond acceptors (Lipinski definition) is 2. The number of aryl methyl sites for hydroxylation is 2. The second-order valence-electron chi connectivity index (χ2n) is 6.49. The van der Waals surface area contributed by atoms with Gasteiger partial charge in [-0.1, -0.05) is 41.5 Å². The van der Waals surface area contributed by atoms with Crippen LogP contribution in [0.4, 0.5) is 0 Å². The van der Waals surface area contributed by atoms with Crippen molar-refractivity contribution >= 4 is 10.8 Å². The van der Waals surface area contributed by atoms with E-state index in [0.717, 1.165) is 44.2 Å². The summed E-state index contributed by atoms with van der Waals surface area (Å²) in [6, 6.07) is 14.0. The average Bonchev–Trinajstić information content (AvgIpc) is 2.68. The van der Waals surface area contributed by atoms with Crippen LogP contribution in [0.5, 0.6) is 5.75 Å². The summed E-state index contributed by atoms with van der Waals surface area (Å²) in [6.07, 6.45) is 0. The predicted molar refractivity (Wildman–Crippen MR) is 89.2 cm³/mol. The summed E-state index contributed by atoms with van der Waals surface area (Å²) in [7, 11) is 0. The smallest absolute Gasteiger partial charge is 0.123 e. The molecule has 1 aliphatic carbocycles. The number of phenols is 1. The Hall–Kier alpha value is -2.32. The first-order chi connectivity index (χ1) is 10.4. The quantitative estimate of drug-likeness (QED) is 0.644. The van der Waals surface area contributed by atoms with E-state index in [-0.39, 0.29) is 5.75 Å². The molecular weight excluding hydrogens is 272 g/mol. The van der Waals surface area contributed by atoms with Gasteiger partial charge in [-0.25, -0.2) is 0 Å². The molecule has 0 radical (unpaired) electrons. The third kappa shape index (κ3) is 1.59. The number of rotatable bonds is 0. The Balaban J connectivity index is 2.20. The zero-order valence-electron chi connectivity index (χ0n) is 12.9. The van der Waals surface area contributed by atoms with Gasteiger partial charge in [0.15, 0.2) is 0 Å². The minimum atomic E-state index is -1.08. The molecule has 1 aliphatic rings.